The van der Waals surface area contributed by atoms with Crippen LogP contribution in [0.2, 0.25) is 0 Å². The topological polar surface area (TPSA) is 55.3 Å². The number of thioether (sulfide) groups is 1. The maximum atomic E-state index is 12.2. The van der Waals surface area contributed by atoms with Gasteiger partial charge in [-0.1, -0.05) is 42.1 Å². The van der Waals surface area contributed by atoms with E-state index in [1.807, 2.05) is 36.4 Å². The summed E-state index contributed by atoms with van der Waals surface area (Å²) in [5.74, 6) is 1.37. The molecule has 0 bridgehead atoms. The highest BCUT2D eigenvalue weighted by molar-refractivity contribution is 7.99. The summed E-state index contributed by atoms with van der Waals surface area (Å²) in [4.78, 5) is 23.1. The molecule has 1 aliphatic heterocycles. The Kier molecular flexibility index (Phi) is 5.48. The lowest BCUT2D eigenvalue weighted by Crippen LogP contribution is -2.45. The largest absolute Gasteiger partial charge is 0.372 e. The molecule has 2 heterocycles. The van der Waals surface area contributed by atoms with Crippen LogP contribution < -0.4 is 4.90 Å². The molecule has 2 unspecified atom stereocenters. The van der Waals surface area contributed by atoms with Gasteiger partial charge in [0.1, 0.15) is 17.2 Å². The summed E-state index contributed by atoms with van der Waals surface area (Å²) in [6, 6.07) is 11.3. The number of ether oxygens (including phenoxy) is 1. The molecule has 0 N–H and O–H groups in total. The molecule has 5 nitrogen and oxygen atoms in total. The molecule has 6 heteroatoms. The Bertz CT molecular complexity index is 686. The Morgan fingerprint density at radius 1 is 1.21 bits per heavy atom. The van der Waals surface area contributed by atoms with Crippen molar-refractivity contribution in [1.82, 2.24) is 9.97 Å². The Balaban J connectivity index is 1.64. The first kappa shape index (κ1) is 16.9. The number of benzene rings is 1. The average molecular weight is 343 g/mol. The summed E-state index contributed by atoms with van der Waals surface area (Å²) in [7, 11) is 0. The first-order chi connectivity index (χ1) is 11.6. The second kappa shape index (κ2) is 7.77. The van der Waals surface area contributed by atoms with Gasteiger partial charge < -0.3 is 9.64 Å². The van der Waals surface area contributed by atoms with Crippen molar-refractivity contribution < 1.29 is 9.53 Å². The van der Waals surface area contributed by atoms with E-state index in [4.69, 9.17) is 4.74 Å². The van der Waals surface area contributed by atoms with Crippen molar-refractivity contribution in [3.8, 4) is 0 Å². The quantitative estimate of drug-likeness (QED) is 0.472. The van der Waals surface area contributed by atoms with Crippen molar-refractivity contribution >= 4 is 23.4 Å². The Morgan fingerprint density at radius 3 is 2.62 bits per heavy atom. The minimum Gasteiger partial charge on any atom is -0.372 e. The van der Waals surface area contributed by atoms with Gasteiger partial charge in [-0.05, 0) is 13.8 Å². The fraction of sp³-hybridized carbons (Fsp3) is 0.389. The molecule has 1 saturated heterocycles. The number of anilines is 1. The molecule has 0 spiro atoms. The fourth-order valence-electron chi connectivity index (χ4n) is 2.79. The Morgan fingerprint density at radius 2 is 1.92 bits per heavy atom. The van der Waals surface area contributed by atoms with Gasteiger partial charge in [0, 0.05) is 24.7 Å². The van der Waals surface area contributed by atoms with Crippen LogP contribution in [-0.2, 0) is 4.74 Å². The number of Topliss-reactive ketones (excluding diaryl/α,β-unsaturated/α-hetero) is 1. The third kappa shape index (κ3) is 4.33. The molecule has 2 atom stereocenters. The van der Waals surface area contributed by atoms with E-state index in [0.29, 0.717) is 5.75 Å². The number of carbonyl (C=O) groups excluding carboxylic acids is 1. The average Bonchev–Trinajstić information content (AvgIpc) is 2.60. The van der Waals surface area contributed by atoms with Gasteiger partial charge in [-0.25, -0.2) is 9.97 Å². The van der Waals surface area contributed by atoms with Crippen LogP contribution in [0.3, 0.4) is 0 Å². The number of nitrogens with zero attached hydrogens (tertiary/aromatic N) is 3. The third-order valence-corrected chi connectivity index (χ3v) is 4.74. The van der Waals surface area contributed by atoms with Crippen LogP contribution in [0.15, 0.2) is 47.8 Å². The van der Waals surface area contributed by atoms with Gasteiger partial charge in [-0.15, -0.1) is 0 Å². The third-order valence-electron chi connectivity index (χ3n) is 3.82. The molecule has 1 aromatic heterocycles. The van der Waals surface area contributed by atoms with Crippen LogP contribution >= 0.6 is 11.8 Å². The molecule has 2 aromatic rings. The molecule has 24 heavy (non-hydrogen) atoms. The molecular weight excluding hydrogens is 322 g/mol. The summed E-state index contributed by atoms with van der Waals surface area (Å²) < 4.78 is 5.76. The molecule has 126 valence electrons. The summed E-state index contributed by atoms with van der Waals surface area (Å²) in [5.41, 5.74) is 0.732. The second-order valence-corrected chi connectivity index (χ2v) is 6.95. The summed E-state index contributed by atoms with van der Waals surface area (Å²) in [6.07, 6.45) is 1.93. The smallest absolute Gasteiger partial charge is 0.173 e. The van der Waals surface area contributed by atoms with Crippen LogP contribution in [0.4, 0.5) is 5.82 Å². The van der Waals surface area contributed by atoms with Crippen molar-refractivity contribution in [2.45, 2.75) is 31.1 Å². The number of hydrogen-bond acceptors (Lipinski definition) is 6. The summed E-state index contributed by atoms with van der Waals surface area (Å²) in [5, 5.41) is 0.816. The zero-order valence-electron chi connectivity index (χ0n) is 13.9. The maximum Gasteiger partial charge on any atom is 0.173 e. The van der Waals surface area contributed by atoms with Crippen LogP contribution in [0.25, 0.3) is 0 Å². The predicted molar refractivity (Wildman–Crippen MR) is 95.8 cm³/mol. The van der Waals surface area contributed by atoms with Crippen molar-refractivity contribution in [2.75, 3.05) is 23.7 Å². The van der Waals surface area contributed by atoms with Gasteiger partial charge in [-0.3, -0.25) is 4.79 Å². The zero-order valence-corrected chi connectivity index (χ0v) is 14.7. The van der Waals surface area contributed by atoms with E-state index in [9.17, 15) is 4.79 Å². The van der Waals surface area contributed by atoms with Gasteiger partial charge in [0.25, 0.3) is 0 Å². The van der Waals surface area contributed by atoms with Gasteiger partial charge in [0.15, 0.2) is 5.78 Å². The van der Waals surface area contributed by atoms with Gasteiger partial charge in [0.2, 0.25) is 0 Å². The molecule has 1 fully saturated rings. The summed E-state index contributed by atoms with van der Waals surface area (Å²) >= 11 is 1.44. The van der Waals surface area contributed by atoms with Crippen LogP contribution in [0, 0.1) is 0 Å². The van der Waals surface area contributed by atoms with E-state index in [1.54, 1.807) is 6.33 Å². The lowest BCUT2D eigenvalue weighted by atomic mass is 10.2. The highest BCUT2D eigenvalue weighted by Gasteiger charge is 2.23. The number of carbonyl (C=O) groups is 1. The zero-order chi connectivity index (χ0) is 16.9. The van der Waals surface area contributed by atoms with Gasteiger partial charge in [0.05, 0.1) is 18.0 Å². The van der Waals surface area contributed by atoms with Crippen LogP contribution in [0.1, 0.15) is 24.2 Å². The van der Waals surface area contributed by atoms with E-state index < -0.39 is 0 Å². The first-order valence-electron chi connectivity index (χ1n) is 8.05. The van der Waals surface area contributed by atoms with Crippen LogP contribution in [-0.4, -0.2) is 46.8 Å². The monoisotopic (exact) mass is 343 g/mol. The van der Waals surface area contributed by atoms with Crippen molar-refractivity contribution in [3.63, 3.8) is 0 Å². The van der Waals surface area contributed by atoms with Crippen molar-refractivity contribution in [3.05, 3.63) is 48.3 Å². The Labute approximate surface area is 146 Å². The van der Waals surface area contributed by atoms with E-state index >= 15 is 0 Å². The van der Waals surface area contributed by atoms with Crippen molar-refractivity contribution in [2.24, 2.45) is 0 Å². The van der Waals surface area contributed by atoms with Crippen LogP contribution in [0.5, 0.6) is 0 Å². The van der Waals surface area contributed by atoms with E-state index in [-0.39, 0.29) is 18.0 Å². The van der Waals surface area contributed by atoms with Crippen molar-refractivity contribution in [1.29, 1.82) is 0 Å². The standard InChI is InChI=1S/C18H21N3O2S/c1-13-9-21(10-14(2)23-13)17-8-18(20-12-19-17)24-11-16(22)15-6-4-3-5-7-15/h3-8,12-14H,9-11H2,1-2H3. The maximum absolute atomic E-state index is 12.2. The second-order valence-electron chi connectivity index (χ2n) is 5.95. The van der Waals surface area contributed by atoms with E-state index in [0.717, 1.165) is 29.5 Å². The molecular formula is C18H21N3O2S. The molecule has 0 amide bonds. The molecule has 3 rings (SSSR count). The normalized spacial score (nSPS) is 20.8. The number of morpholine rings is 1. The summed E-state index contributed by atoms with van der Waals surface area (Å²) in [6.45, 7) is 5.76. The SMILES string of the molecule is CC1CN(c2cc(SCC(=O)c3ccccc3)ncn2)CC(C)O1. The highest BCUT2D eigenvalue weighted by Crippen LogP contribution is 2.23. The van der Waals surface area contributed by atoms with Gasteiger partial charge in [-0.2, -0.15) is 0 Å². The molecule has 0 radical (unpaired) electrons. The highest BCUT2D eigenvalue weighted by atomic mass is 32.2. The minimum absolute atomic E-state index is 0.106. The number of rotatable bonds is 5. The molecule has 0 saturated carbocycles. The number of aromatic nitrogens is 2. The lowest BCUT2D eigenvalue weighted by Gasteiger charge is -2.36. The molecule has 1 aromatic carbocycles. The van der Waals surface area contributed by atoms with E-state index in [1.165, 1.54) is 11.8 Å². The Hall–Kier alpha value is -1.92. The predicted octanol–water partition coefficient (Wildman–Crippen LogP) is 3.07. The number of hydrogen-bond donors (Lipinski definition) is 0. The minimum atomic E-state index is 0.106. The molecule has 0 aliphatic carbocycles. The first-order valence-corrected chi connectivity index (χ1v) is 9.04. The van der Waals surface area contributed by atoms with Gasteiger partial charge >= 0.3 is 0 Å². The lowest BCUT2D eigenvalue weighted by molar-refractivity contribution is -0.00548. The number of ketones is 1. The van der Waals surface area contributed by atoms with E-state index in [2.05, 4.69) is 28.7 Å². The fourth-order valence-corrected chi connectivity index (χ4v) is 3.55. The molecule has 1 aliphatic rings.